The van der Waals surface area contributed by atoms with Crippen LogP contribution in [0.15, 0.2) is 0 Å². The molecule has 0 aromatic heterocycles. The summed E-state index contributed by atoms with van der Waals surface area (Å²) in [5.74, 6) is 0.129. The summed E-state index contributed by atoms with van der Waals surface area (Å²) in [6.45, 7) is 0.960. The van der Waals surface area contributed by atoms with Crippen LogP contribution in [-0.4, -0.2) is 38.4 Å². The van der Waals surface area contributed by atoms with Gasteiger partial charge in [-0.3, -0.25) is 8.78 Å². The monoisotopic (exact) mass is 163 g/mol. The number of hydrogen-bond acceptors (Lipinski definition) is 1. The van der Waals surface area contributed by atoms with Crippen LogP contribution in [0.1, 0.15) is 6.42 Å². The molecule has 0 aromatic carbocycles. The summed E-state index contributed by atoms with van der Waals surface area (Å²) in [6, 6.07) is 0. The zero-order chi connectivity index (χ0) is 8.27. The maximum absolute atomic E-state index is 12.2. The molecule has 0 N–H and O–H groups in total. The molecule has 0 saturated carbocycles. The third-order valence-electron chi connectivity index (χ3n) is 2.24. The summed E-state index contributed by atoms with van der Waals surface area (Å²) in [4.78, 5) is 2.01. The fourth-order valence-electron chi connectivity index (χ4n) is 1.80. The lowest BCUT2D eigenvalue weighted by molar-refractivity contribution is 0.116. The minimum absolute atomic E-state index is 0.0644. The lowest BCUT2D eigenvalue weighted by atomic mass is 9.91. The van der Waals surface area contributed by atoms with E-state index in [1.54, 1.807) is 0 Å². The molecule has 1 saturated heterocycles. The SMILES string of the molecule is CN1CC(CF)CC(CF)C1. The highest BCUT2D eigenvalue weighted by atomic mass is 19.1. The number of nitrogens with zero attached hydrogens (tertiary/aromatic N) is 1. The Kier molecular flexibility index (Phi) is 3.24. The van der Waals surface area contributed by atoms with Gasteiger partial charge in [-0.15, -0.1) is 0 Å². The van der Waals surface area contributed by atoms with Gasteiger partial charge in [-0.1, -0.05) is 0 Å². The second-order valence-electron chi connectivity index (χ2n) is 3.50. The molecule has 1 fully saturated rings. The topological polar surface area (TPSA) is 3.24 Å². The van der Waals surface area contributed by atoms with Gasteiger partial charge in [0, 0.05) is 24.9 Å². The Labute approximate surface area is 66.4 Å². The van der Waals surface area contributed by atoms with Crippen LogP contribution >= 0.6 is 0 Å². The molecule has 1 rings (SSSR count). The van der Waals surface area contributed by atoms with Crippen molar-refractivity contribution in [3.05, 3.63) is 0 Å². The van der Waals surface area contributed by atoms with Gasteiger partial charge in [-0.2, -0.15) is 0 Å². The molecule has 3 heteroatoms. The third kappa shape index (κ3) is 2.40. The van der Waals surface area contributed by atoms with Crippen molar-refractivity contribution in [1.82, 2.24) is 4.90 Å². The Hall–Kier alpha value is -0.180. The Morgan fingerprint density at radius 1 is 1.18 bits per heavy atom. The highest BCUT2D eigenvalue weighted by Gasteiger charge is 2.24. The number of likely N-dealkylation sites (tertiary alicyclic amines) is 1. The van der Waals surface area contributed by atoms with Gasteiger partial charge in [-0.05, 0) is 13.5 Å². The number of piperidine rings is 1. The van der Waals surface area contributed by atoms with E-state index in [2.05, 4.69) is 0 Å². The number of alkyl halides is 2. The van der Waals surface area contributed by atoms with Crippen LogP contribution in [0, 0.1) is 11.8 Å². The fourth-order valence-corrected chi connectivity index (χ4v) is 1.80. The summed E-state index contributed by atoms with van der Waals surface area (Å²) in [5.41, 5.74) is 0. The maximum Gasteiger partial charge on any atom is 0.0934 e. The van der Waals surface area contributed by atoms with Gasteiger partial charge >= 0.3 is 0 Å². The van der Waals surface area contributed by atoms with Gasteiger partial charge in [0.15, 0.2) is 0 Å². The molecule has 0 aromatic rings. The maximum atomic E-state index is 12.2. The number of rotatable bonds is 2. The molecular weight excluding hydrogens is 148 g/mol. The van der Waals surface area contributed by atoms with Crippen LogP contribution in [0.5, 0.6) is 0 Å². The van der Waals surface area contributed by atoms with Gasteiger partial charge in [0.25, 0.3) is 0 Å². The zero-order valence-corrected chi connectivity index (χ0v) is 6.89. The third-order valence-corrected chi connectivity index (χ3v) is 2.24. The van der Waals surface area contributed by atoms with E-state index >= 15 is 0 Å². The van der Waals surface area contributed by atoms with Gasteiger partial charge in [-0.25, -0.2) is 0 Å². The molecule has 0 aliphatic carbocycles. The quantitative estimate of drug-likeness (QED) is 0.596. The first-order valence-electron chi connectivity index (χ1n) is 4.06. The van der Waals surface area contributed by atoms with E-state index in [4.69, 9.17) is 0 Å². The Morgan fingerprint density at radius 2 is 1.64 bits per heavy atom. The van der Waals surface area contributed by atoms with Crippen LogP contribution in [0.2, 0.25) is 0 Å². The summed E-state index contributed by atoms with van der Waals surface area (Å²) < 4.78 is 24.4. The average Bonchev–Trinajstić information content (AvgIpc) is 2.03. The molecule has 2 atom stereocenters. The lowest BCUT2D eigenvalue weighted by Gasteiger charge is -2.32. The van der Waals surface area contributed by atoms with Gasteiger partial charge in [0.1, 0.15) is 0 Å². The molecule has 0 amide bonds. The Balaban J connectivity index is 2.37. The Bertz CT molecular complexity index is 107. The van der Waals surface area contributed by atoms with Crippen LogP contribution in [-0.2, 0) is 0 Å². The first-order valence-corrected chi connectivity index (χ1v) is 4.06. The molecule has 0 radical (unpaired) electrons. The molecule has 1 aliphatic rings. The minimum Gasteiger partial charge on any atom is -0.306 e. The van der Waals surface area contributed by atoms with E-state index in [-0.39, 0.29) is 25.2 Å². The van der Waals surface area contributed by atoms with Crippen LogP contribution in [0.25, 0.3) is 0 Å². The van der Waals surface area contributed by atoms with Crippen molar-refractivity contribution in [2.45, 2.75) is 6.42 Å². The summed E-state index contributed by atoms with van der Waals surface area (Å²) >= 11 is 0. The summed E-state index contributed by atoms with van der Waals surface area (Å²) in [6.07, 6.45) is 0.720. The molecule has 1 nitrogen and oxygen atoms in total. The van der Waals surface area contributed by atoms with Crippen molar-refractivity contribution in [1.29, 1.82) is 0 Å². The minimum atomic E-state index is -0.305. The number of halogens is 2. The standard InChI is InChI=1S/C8H15F2N/c1-11-5-7(3-9)2-8(4-10)6-11/h7-8H,2-6H2,1H3. The van der Waals surface area contributed by atoms with Crippen molar-refractivity contribution in [3.63, 3.8) is 0 Å². The van der Waals surface area contributed by atoms with Crippen molar-refractivity contribution in [3.8, 4) is 0 Å². The average molecular weight is 163 g/mol. The van der Waals surface area contributed by atoms with Crippen molar-refractivity contribution >= 4 is 0 Å². The van der Waals surface area contributed by atoms with Crippen molar-refractivity contribution in [2.24, 2.45) is 11.8 Å². The van der Waals surface area contributed by atoms with E-state index in [1.165, 1.54) is 0 Å². The second-order valence-corrected chi connectivity index (χ2v) is 3.50. The first-order chi connectivity index (χ1) is 5.26. The van der Waals surface area contributed by atoms with E-state index in [9.17, 15) is 8.78 Å². The molecule has 0 bridgehead atoms. The van der Waals surface area contributed by atoms with E-state index in [0.717, 1.165) is 19.5 Å². The highest BCUT2D eigenvalue weighted by molar-refractivity contribution is 4.76. The van der Waals surface area contributed by atoms with Gasteiger partial charge < -0.3 is 4.90 Å². The van der Waals surface area contributed by atoms with Gasteiger partial charge in [0.2, 0.25) is 0 Å². The van der Waals surface area contributed by atoms with Crippen LogP contribution in [0.4, 0.5) is 8.78 Å². The van der Waals surface area contributed by atoms with E-state index < -0.39 is 0 Å². The van der Waals surface area contributed by atoms with Gasteiger partial charge in [0.05, 0.1) is 13.3 Å². The molecule has 11 heavy (non-hydrogen) atoms. The fraction of sp³-hybridized carbons (Fsp3) is 1.00. The highest BCUT2D eigenvalue weighted by Crippen LogP contribution is 2.21. The zero-order valence-electron chi connectivity index (χ0n) is 6.89. The van der Waals surface area contributed by atoms with Crippen molar-refractivity contribution in [2.75, 3.05) is 33.5 Å². The molecular formula is C8H15F2N. The molecule has 1 aliphatic heterocycles. The lowest BCUT2D eigenvalue weighted by Crippen LogP contribution is -2.39. The largest absolute Gasteiger partial charge is 0.306 e. The molecule has 0 spiro atoms. The molecule has 1 heterocycles. The summed E-state index contributed by atoms with van der Waals surface area (Å²) in [7, 11) is 1.92. The van der Waals surface area contributed by atoms with Crippen LogP contribution in [0.3, 0.4) is 0 Å². The summed E-state index contributed by atoms with van der Waals surface area (Å²) in [5, 5.41) is 0. The smallest absolute Gasteiger partial charge is 0.0934 e. The molecule has 2 unspecified atom stereocenters. The van der Waals surface area contributed by atoms with Crippen molar-refractivity contribution < 1.29 is 8.78 Å². The Morgan fingerprint density at radius 3 is 2.00 bits per heavy atom. The number of hydrogen-bond donors (Lipinski definition) is 0. The predicted molar refractivity (Wildman–Crippen MR) is 41.0 cm³/mol. The molecule has 66 valence electrons. The van der Waals surface area contributed by atoms with E-state index in [1.807, 2.05) is 11.9 Å². The second kappa shape index (κ2) is 4.00. The van der Waals surface area contributed by atoms with E-state index in [0.29, 0.717) is 0 Å². The first kappa shape index (κ1) is 8.91. The predicted octanol–water partition coefficient (Wildman–Crippen LogP) is 1.49. The normalized spacial score (nSPS) is 34.1. The van der Waals surface area contributed by atoms with Crippen LogP contribution < -0.4 is 0 Å².